The Morgan fingerprint density at radius 2 is 1.89 bits per heavy atom. The topological polar surface area (TPSA) is 15.3 Å². The third-order valence-electron chi connectivity index (χ3n) is 4.77. The number of rotatable bonds is 3. The van der Waals surface area contributed by atoms with Gasteiger partial charge in [-0.25, -0.2) is 0 Å². The van der Waals surface area contributed by atoms with E-state index in [-0.39, 0.29) is 12.1 Å². The van der Waals surface area contributed by atoms with Gasteiger partial charge in [-0.1, -0.05) is 26.2 Å². The monoisotopic (exact) mass is 278 g/mol. The number of halogens is 3. The van der Waals surface area contributed by atoms with Crippen molar-refractivity contribution in [1.29, 1.82) is 0 Å². The molecule has 0 radical (unpaired) electrons. The molecule has 0 aromatic heterocycles. The van der Waals surface area contributed by atoms with Crippen LogP contribution < -0.4 is 5.32 Å². The molecule has 0 bridgehead atoms. The van der Waals surface area contributed by atoms with E-state index in [2.05, 4.69) is 17.1 Å². The minimum Gasteiger partial charge on any atom is -0.311 e. The standard InChI is InChI=1S/C14H25F3N2/c1-2-12-10-19(9-8-14(15,16)17)13(11-18-12)6-4-3-5-7-13/h12,18H,2-11H2,1H3. The molecule has 0 aromatic rings. The predicted octanol–water partition coefficient (Wildman–Crippen LogP) is 3.33. The van der Waals surface area contributed by atoms with Crippen LogP contribution in [-0.4, -0.2) is 42.3 Å². The molecule has 2 nitrogen and oxygen atoms in total. The van der Waals surface area contributed by atoms with Crippen molar-refractivity contribution in [1.82, 2.24) is 10.2 Å². The Balaban J connectivity index is 2.02. The number of alkyl halides is 3. The van der Waals surface area contributed by atoms with Crippen LogP contribution in [0.5, 0.6) is 0 Å². The molecule has 2 aliphatic rings. The summed E-state index contributed by atoms with van der Waals surface area (Å²) in [6.07, 6.45) is 1.91. The summed E-state index contributed by atoms with van der Waals surface area (Å²) in [4.78, 5) is 2.14. The van der Waals surface area contributed by atoms with Crippen molar-refractivity contribution in [3.05, 3.63) is 0 Å². The molecule has 1 saturated heterocycles. The largest absolute Gasteiger partial charge is 0.390 e. The first-order valence-electron chi connectivity index (χ1n) is 7.50. The molecule has 1 N–H and O–H groups in total. The molecule has 19 heavy (non-hydrogen) atoms. The van der Waals surface area contributed by atoms with E-state index < -0.39 is 12.6 Å². The first kappa shape index (κ1) is 15.1. The highest BCUT2D eigenvalue weighted by Gasteiger charge is 2.42. The molecule has 1 saturated carbocycles. The lowest BCUT2D eigenvalue weighted by Crippen LogP contribution is -2.65. The summed E-state index contributed by atoms with van der Waals surface area (Å²) in [6, 6.07) is 0.348. The molecular formula is C14H25F3N2. The smallest absolute Gasteiger partial charge is 0.311 e. The van der Waals surface area contributed by atoms with Crippen LogP contribution in [-0.2, 0) is 0 Å². The van der Waals surface area contributed by atoms with E-state index in [4.69, 9.17) is 0 Å². The molecule has 2 fully saturated rings. The third-order valence-corrected chi connectivity index (χ3v) is 4.77. The fourth-order valence-corrected chi connectivity index (χ4v) is 3.54. The Morgan fingerprint density at radius 3 is 2.47 bits per heavy atom. The fourth-order valence-electron chi connectivity index (χ4n) is 3.54. The first-order valence-corrected chi connectivity index (χ1v) is 7.50. The Kier molecular flexibility index (Phi) is 4.77. The molecule has 5 heteroatoms. The Hall–Kier alpha value is -0.290. The average Bonchev–Trinajstić information content (AvgIpc) is 2.38. The third kappa shape index (κ3) is 3.85. The number of nitrogens with one attached hydrogen (secondary N) is 1. The first-order chi connectivity index (χ1) is 8.95. The van der Waals surface area contributed by atoms with Crippen LogP contribution in [0.15, 0.2) is 0 Å². The SMILES string of the molecule is CCC1CN(CCC(F)(F)F)C2(CCCCC2)CN1. The van der Waals surface area contributed by atoms with Crippen LogP contribution in [0.25, 0.3) is 0 Å². The van der Waals surface area contributed by atoms with E-state index in [1.807, 2.05) is 0 Å². The molecule has 0 amide bonds. The molecule has 1 aliphatic carbocycles. The molecule has 1 aliphatic heterocycles. The van der Waals surface area contributed by atoms with E-state index in [0.717, 1.165) is 45.2 Å². The molecule has 0 aromatic carbocycles. The fraction of sp³-hybridized carbons (Fsp3) is 1.00. The average molecular weight is 278 g/mol. The van der Waals surface area contributed by atoms with Crippen molar-refractivity contribution in [2.24, 2.45) is 0 Å². The second-order valence-corrected chi connectivity index (χ2v) is 6.08. The lowest BCUT2D eigenvalue weighted by molar-refractivity contribution is -0.144. The highest BCUT2D eigenvalue weighted by atomic mass is 19.4. The number of hydrogen-bond acceptors (Lipinski definition) is 2. The van der Waals surface area contributed by atoms with Gasteiger partial charge in [-0.2, -0.15) is 13.2 Å². The van der Waals surface area contributed by atoms with Gasteiger partial charge in [0.15, 0.2) is 0 Å². The Morgan fingerprint density at radius 1 is 1.21 bits per heavy atom. The molecular weight excluding hydrogens is 253 g/mol. The van der Waals surface area contributed by atoms with Gasteiger partial charge in [0.25, 0.3) is 0 Å². The normalized spacial score (nSPS) is 28.7. The molecule has 112 valence electrons. The number of hydrogen-bond donors (Lipinski definition) is 1. The lowest BCUT2D eigenvalue weighted by Gasteiger charge is -2.52. The van der Waals surface area contributed by atoms with Crippen molar-refractivity contribution in [2.75, 3.05) is 19.6 Å². The van der Waals surface area contributed by atoms with Crippen molar-refractivity contribution in [2.45, 2.75) is 69.6 Å². The van der Waals surface area contributed by atoms with Crippen LogP contribution in [0.2, 0.25) is 0 Å². The van der Waals surface area contributed by atoms with E-state index in [1.54, 1.807) is 0 Å². The van der Waals surface area contributed by atoms with Gasteiger partial charge < -0.3 is 5.32 Å². The summed E-state index contributed by atoms with van der Waals surface area (Å²) < 4.78 is 37.5. The number of nitrogens with zero attached hydrogens (tertiary/aromatic N) is 1. The maximum absolute atomic E-state index is 12.5. The van der Waals surface area contributed by atoms with E-state index in [9.17, 15) is 13.2 Å². The van der Waals surface area contributed by atoms with Gasteiger partial charge in [-0.3, -0.25) is 4.90 Å². The van der Waals surface area contributed by atoms with Gasteiger partial charge in [0.1, 0.15) is 0 Å². The molecule has 1 heterocycles. The quantitative estimate of drug-likeness (QED) is 0.852. The van der Waals surface area contributed by atoms with Gasteiger partial charge in [-0.15, -0.1) is 0 Å². The summed E-state index contributed by atoms with van der Waals surface area (Å²) in [6.45, 7) is 3.90. The molecule has 2 rings (SSSR count). The van der Waals surface area contributed by atoms with Gasteiger partial charge in [0, 0.05) is 31.2 Å². The zero-order valence-corrected chi connectivity index (χ0v) is 11.7. The van der Waals surface area contributed by atoms with E-state index in [1.165, 1.54) is 6.42 Å². The predicted molar refractivity (Wildman–Crippen MR) is 70.1 cm³/mol. The lowest BCUT2D eigenvalue weighted by atomic mass is 9.78. The van der Waals surface area contributed by atoms with Crippen LogP contribution in [0, 0.1) is 0 Å². The van der Waals surface area contributed by atoms with E-state index >= 15 is 0 Å². The maximum Gasteiger partial charge on any atom is 0.390 e. The molecule has 1 atom stereocenters. The van der Waals surface area contributed by atoms with Gasteiger partial charge in [0.2, 0.25) is 0 Å². The second kappa shape index (κ2) is 6.00. The second-order valence-electron chi connectivity index (χ2n) is 6.08. The van der Waals surface area contributed by atoms with Crippen molar-refractivity contribution >= 4 is 0 Å². The van der Waals surface area contributed by atoms with Crippen molar-refractivity contribution in [3.8, 4) is 0 Å². The summed E-state index contributed by atoms with van der Waals surface area (Å²) in [5, 5.41) is 3.53. The van der Waals surface area contributed by atoms with Gasteiger partial charge in [0.05, 0.1) is 6.42 Å². The molecule has 1 unspecified atom stereocenters. The summed E-state index contributed by atoms with van der Waals surface area (Å²) in [5.74, 6) is 0. The summed E-state index contributed by atoms with van der Waals surface area (Å²) in [7, 11) is 0. The highest BCUT2D eigenvalue weighted by molar-refractivity contribution is 5.00. The molecule has 1 spiro atoms. The Labute approximate surface area is 113 Å². The van der Waals surface area contributed by atoms with Crippen molar-refractivity contribution in [3.63, 3.8) is 0 Å². The summed E-state index contributed by atoms with van der Waals surface area (Å²) in [5.41, 5.74) is -0.00479. The number of piperazine rings is 1. The maximum atomic E-state index is 12.5. The van der Waals surface area contributed by atoms with E-state index in [0.29, 0.717) is 6.04 Å². The zero-order valence-electron chi connectivity index (χ0n) is 11.7. The van der Waals surface area contributed by atoms with Crippen LogP contribution in [0.1, 0.15) is 51.9 Å². The van der Waals surface area contributed by atoms with Crippen LogP contribution in [0.4, 0.5) is 13.2 Å². The van der Waals surface area contributed by atoms with Crippen LogP contribution in [0.3, 0.4) is 0 Å². The summed E-state index contributed by atoms with van der Waals surface area (Å²) >= 11 is 0. The Bertz CT molecular complexity index is 285. The minimum atomic E-state index is -4.04. The zero-order chi connectivity index (χ0) is 13.9. The van der Waals surface area contributed by atoms with Gasteiger partial charge in [-0.05, 0) is 19.3 Å². The van der Waals surface area contributed by atoms with Crippen molar-refractivity contribution < 1.29 is 13.2 Å². The van der Waals surface area contributed by atoms with Crippen LogP contribution >= 0.6 is 0 Å². The van der Waals surface area contributed by atoms with Gasteiger partial charge >= 0.3 is 6.18 Å². The minimum absolute atomic E-state index is 0.00479. The highest BCUT2D eigenvalue weighted by Crippen LogP contribution is 2.36.